The van der Waals surface area contributed by atoms with Gasteiger partial charge in [0, 0.05) is 92.6 Å². The summed E-state index contributed by atoms with van der Waals surface area (Å²) >= 11 is 1.50. The lowest BCUT2D eigenvalue weighted by Crippen LogP contribution is -2.61. The number of hydrogen-bond acceptors (Lipinski definition) is 18. The largest absolute Gasteiger partial charge is 0.496 e. The highest BCUT2D eigenvalue weighted by Gasteiger charge is 2.45. The maximum absolute atomic E-state index is 15.4. The minimum Gasteiger partial charge on any atom is -0.496 e. The number of primary amides is 2. The smallest absolute Gasteiger partial charge is 0.303 e. The highest BCUT2D eigenvalue weighted by Crippen LogP contribution is 2.38. The van der Waals surface area contributed by atoms with Crippen LogP contribution in [0.5, 0.6) is 5.75 Å². The first kappa shape index (κ1) is 72.3. The van der Waals surface area contributed by atoms with Gasteiger partial charge in [-0.15, -0.1) is 0 Å². The Morgan fingerprint density at radius 3 is 2.27 bits per heavy atom. The first-order valence-corrected chi connectivity index (χ1v) is 32.2. The summed E-state index contributed by atoms with van der Waals surface area (Å²) in [4.78, 5) is 166. The fourth-order valence-electron chi connectivity index (χ4n) is 10.6. The van der Waals surface area contributed by atoms with Crippen molar-refractivity contribution >= 4 is 104 Å². The molecular formula is C57H86N12O18S2. The van der Waals surface area contributed by atoms with Crippen LogP contribution < -0.4 is 53.4 Å². The van der Waals surface area contributed by atoms with Gasteiger partial charge in [-0.2, -0.15) is 11.8 Å². The van der Waals surface area contributed by atoms with Gasteiger partial charge >= 0.3 is 5.97 Å². The summed E-state index contributed by atoms with van der Waals surface area (Å²) in [6.07, 6.45) is -2.09. The summed E-state index contributed by atoms with van der Waals surface area (Å²) < 4.78 is 21.2. The Hall–Kier alpha value is -7.42. The number of unbranched alkanes of at least 4 members (excludes halogenated alkanes) is 2. The number of aromatic amines is 1. The second kappa shape index (κ2) is 34.5. The van der Waals surface area contributed by atoms with Crippen LogP contribution in [0.1, 0.15) is 116 Å². The molecule has 11 amide bonds. The van der Waals surface area contributed by atoms with Crippen molar-refractivity contribution in [3.05, 3.63) is 23.3 Å². The quantitative estimate of drug-likeness (QED) is 0.0376. The van der Waals surface area contributed by atoms with Gasteiger partial charge in [0.2, 0.25) is 65.0 Å². The number of ether oxygens (including phenoxy) is 1. The van der Waals surface area contributed by atoms with E-state index in [0.29, 0.717) is 74.0 Å². The number of aliphatic hydroxyl groups is 3. The molecule has 0 spiro atoms. The number of rotatable bonds is 28. The van der Waals surface area contributed by atoms with Crippen molar-refractivity contribution in [1.29, 1.82) is 0 Å². The molecule has 1 aromatic carbocycles. The Kier molecular flexibility index (Phi) is 28.1. The van der Waals surface area contributed by atoms with Crippen molar-refractivity contribution in [1.82, 2.24) is 52.0 Å². The number of H-pyrrole nitrogens is 1. The van der Waals surface area contributed by atoms with Crippen LogP contribution in [0.15, 0.2) is 17.2 Å². The molecular weight excluding hydrogens is 1200 g/mol. The molecule has 2 saturated heterocycles. The van der Waals surface area contributed by atoms with Gasteiger partial charge < -0.3 is 88.6 Å². The Labute approximate surface area is 521 Å². The Morgan fingerprint density at radius 2 is 1.62 bits per heavy atom. The standard InChI is InChI=1S/C57H86N12O18S2/c1-6-29(3)48(65-43(74)7-2)54(83)61-23-45(76)62-38-28-89(86)56-34(33-12-14-41(87-5)35(50(33)67-56)27-88-32-18-20-68(25-32)46(77)11-9-8-10-19-60-44(75)16-17-47(78)79)22-37(51(59)80)64-55(84)49(30(4)40(72)26-70)66-53(82)39-21-31(71)24-69(39)57(85)36(63-52(38)81)13-15-42(58)73/h12,14,29-32,36-40,48-49,67,70-72H,6-11,13,15-28H2,1-5H3,(H2,58,73)(H2,59,80)(H,60,75)(H,61,83)(H,62,76)(H,63,81)(H,64,84)(H,65,74)(H,66,82)(H,78,79)/t29-,30-,31+,32-,36-,37-,38-,39-,40-,48-,49-,89?/m0/s1. The molecule has 0 bridgehead atoms. The fraction of sp³-hybridized carbons (Fsp3) is 0.649. The molecule has 494 valence electrons. The second-order valence-electron chi connectivity index (χ2n) is 22.6. The fourth-order valence-corrected chi connectivity index (χ4v) is 13.3. The number of likely N-dealkylation sites (tertiary alicyclic amines) is 1. The highest BCUT2D eigenvalue weighted by atomic mass is 32.2. The van der Waals surface area contributed by atoms with Crippen LogP contribution in [-0.4, -0.2) is 216 Å². The third kappa shape index (κ3) is 20.6. The van der Waals surface area contributed by atoms with Gasteiger partial charge in [-0.05, 0) is 49.3 Å². The predicted molar refractivity (Wildman–Crippen MR) is 323 cm³/mol. The number of nitrogens with one attached hydrogen (secondary N) is 8. The molecule has 89 heavy (non-hydrogen) atoms. The number of nitrogens with two attached hydrogens (primary N) is 2. The molecule has 1 aromatic heterocycles. The molecule has 5 rings (SSSR count). The van der Waals surface area contributed by atoms with E-state index in [1.165, 1.54) is 25.8 Å². The van der Waals surface area contributed by atoms with Crippen LogP contribution in [0, 0.1) is 11.8 Å². The number of fused-ring (bicyclic) bond motifs is 4. The van der Waals surface area contributed by atoms with E-state index in [9.17, 15) is 72.9 Å². The summed E-state index contributed by atoms with van der Waals surface area (Å²) in [5.74, 6) is -11.9. The van der Waals surface area contributed by atoms with Crippen LogP contribution in [0.3, 0.4) is 0 Å². The lowest BCUT2D eigenvalue weighted by Gasteiger charge is -2.32. The van der Waals surface area contributed by atoms with Crippen LogP contribution in [0.2, 0.25) is 0 Å². The van der Waals surface area contributed by atoms with E-state index in [1.54, 1.807) is 37.8 Å². The zero-order valence-electron chi connectivity index (χ0n) is 50.7. The number of methoxy groups -OCH3 is 1. The molecule has 12 atom stereocenters. The Balaban J connectivity index is 1.56. The second-order valence-corrected chi connectivity index (χ2v) is 25.3. The zero-order valence-corrected chi connectivity index (χ0v) is 52.4. The van der Waals surface area contributed by atoms with E-state index >= 15 is 4.21 Å². The number of carboxylic acids is 1. The molecule has 0 aliphatic carbocycles. The number of carboxylic acid groups (broad SMARTS) is 1. The lowest BCUT2D eigenvalue weighted by molar-refractivity contribution is -0.143. The van der Waals surface area contributed by atoms with E-state index in [2.05, 4.69) is 42.2 Å². The van der Waals surface area contributed by atoms with Crippen molar-refractivity contribution in [2.24, 2.45) is 23.3 Å². The van der Waals surface area contributed by atoms with E-state index in [4.69, 9.17) is 21.3 Å². The Bertz CT molecular complexity index is 2950. The van der Waals surface area contributed by atoms with Gasteiger partial charge in [-0.1, -0.05) is 40.5 Å². The van der Waals surface area contributed by atoms with Crippen molar-refractivity contribution < 1.29 is 86.9 Å². The minimum atomic E-state index is -2.46. The number of aliphatic hydroxyl groups excluding tert-OH is 3. The van der Waals surface area contributed by atoms with Crippen LogP contribution in [-0.2, 0) is 80.5 Å². The number of carbonyl (C=O) groups is 12. The molecule has 3 aliphatic rings. The maximum Gasteiger partial charge on any atom is 0.303 e. The van der Waals surface area contributed by atoms with E-state index < -0.39 is 175 Å². The molecule has 2 aromatic rings. The number of amides is 11. The van der Waals surface area contributed by atoms with Crippen LogP contribution in [0.25, 0.3) is 10.9 Å². The average molecular weight is 1290 g/mol. The van der Waals surface area contributed by atoms with Gasteiger partial charge in [0.15, 0.2) is 0 Å². The third-order valence-electron chi connectivity index (χ3n) is 16.1. The van der Waals surface area contributed by atoms with Crippen LogP contribution >= 0.6 is 11.8 Å². The van der Waals surface area contributed by atoms with Crippen molar-refractivity contribution in [3.8, 4) is 5.75 Å². The molecule has 0 radical (unpaired) electrons. The van der Waals surface area contributed by atoms with Gasteiger partial charge in [0.1, 0.15) is 47.0 Å². The number of nitrogens with zero attached hydrogens (tertiary/aromatic N) is 2. The predicted octanol–water partition coefficient (Wildman–Crippen LogP) is -3.09. The van der Waals surface area contributed by atoms with Crippen molar-refractivity contribution in [2.45, 2.75) is 176 Å². The normalized spacial score (nSPS) is 23.2. The molecule has 2 fully saturated rings. The van der Waals surface area contributed by atoms with E-state index in [-0.39, 0.29) is 65.0 Å². The van der Waals surface area contributed by atoms with E-state index in [1.807, 2.05) is 0 Å². The first-order valence-electron chi connectivity index (χ1n) is 29.8. The van der Waals surface area contributed by atoms with Crippen molar-refractivity contribution in [3.63, 3.8) is 0 Å². The van der Waals surface area contributed by atoms with E-state index in [0.717, 1.165) is 4.90 Å². The number of aromatic nitrogens is 1. The molecule has 16 N–H and O–H groups in total. The summed E-state index contributed by atoms with van der Waals surface area (Å²) in [6.45, 7) is 5.49. The number of aliphatic carboxylic acids is 1. The maximum atomic E-state index is 15.4. The summed E-state index contributed by atoms with van der Waals surface area (Å²) in [5, 5.41) is 58.5. The summed E-state index contributed by atoms with van der Waals surface area (Å²) in [6, 6.07) is -6.44. The Morgan fingerprint density at radius 1 is 0.888 bits per heavy atom. The molecule has 0 saturated carbocycles. The summed E-state index contributed by atoms with van der Waals surface area (Å²) in [5.41, 5.74) is 12.5. The van der Waals surface area contributed by atoms with Crippen LogP contribution in [0.4, 0.5) is 0 Å². The minimum absolute atomic E-state index is 0.0514. The number of thioether (sulfide) groups is 1. The van der Waals surface area contributed by atoms with Gasteiger partial charge in [0.05, 0.1) is 61.0 Å². The van der Waals surface area contributed by atoms with Gasteiger partial charge in [0.25, 0.3) is 0 Å². The molecule has 4 heterocycles. The van der Waals surface area contributed by atoms with Gasteiger partial charge in [-0.25, -0.2) is 0 Å². The third-order valence-corrected chi connectivity index (χ3v) is 18.9. The summed E-state index contributed by atoms with van der Waals surface area (Å²) in [7, 11) is -1.04. The number of hydrogen-bond donors (Lipinski definition) is 14. The van der Waals surface area contributed by atoms with Crippen molar-refractivity contribution in [2.75, 3.05) is 52.2 Å². The first-order chi connectivity index (χ1) is 42.2. The molecule has 32 heteroatoms. The lowest BCUT2D eigenvalue weighted by atomic mass is 9.93. The monoisotopic (exact) mass is 1290 g/mol. The highest BCUT2D eigenvalue weighted by molar-refractivity contribution is 7.99. The number of carbonyl (C=O) groups excluding carboxylic acids is 11. The molecule has 30 nitrogen and oxygen atoms in total. The van der Waals surface area contributed by atoms with Gasteiger partial charge in [-0.3, -0.25) is 61.7 Å². The SMILES string of the molecule is CCC(=O)N[C@H](C(=O)NCC(=O)N[C@H]1CS(=O)c2[nH]c3c(CS[C@H]4CCN(C(=O)CCCCCNC(=O)CCC(=O)O)C4)c(OC)ccc3c2C[C@@H](C(N)=O)NC(=O)[C@H]([C@@H](C)[C@@H](O)CO)NC(=O)[C@@H]2C[C@@H](O)CN2C(=O)[C@H](CCC(N)=O)NC1=O)[C@@H](C)CC. The topological polar surface area (TPSA) is 471 Å². The molecule has 3 aliphatic heterocycles. The number of benzene rings is 1. The zero-order chi connectivity index (χ0) is 65.8. The average Bonchev–Trinajstić information content (AvgIpc) is 1.70. The molecule has 1 unspecified atom stereocenters.